The molecule has 0 radical (unpaired) electrons. The predicted octanol–water partition coefficient (Wildman–Crippen LogP) is 0.982. The summed E-state index contributed by atoms with van der Waals surface area (Å²) in [4.78, 5) is 0. The van der Waals surface area contributed by atoms with Crippen LogP contribution >= 0.6 is 0 Å². The highest BCUT2D eigenvalue weighted by atomic mass is 15.3. The van der Waals surface area contributed by atoms with E-state index in [0.717, 1.165) is 17.0 Å². The third-order valence-corrected chi connectivity index (χ3v) is 2.14. The molecule has 0 spiro atoms. The first-order chi connectivity index (χ1) is 6.20. The fourth-order valence-electron chi connectivity index (χ4n) is 1.34. The summed E-state index contributed by atoms with van der Waals surface area (Å²) in [5, 5.41) is 4.35. The molecule has 3 heteroatoms. The molecule has 1 aromatic heterocycles. The van der Waals surface area contributed by atoms with Crippen LogP contribution in [0.3, 0.4) is 0 Å². The maximum Gasteiger partial charge on any atom is 0.102 e. The Kier molecular flexibility index (Phi) is 3.10. The molecular formula is C10H15N3. The Labute approximate surface area is 78.9 Å². The molecule has 0 saturated heterocycles. The van der Waals surface area contributed by atoms with Gasteiger partial charge in [-0.2, -0.15) is 5.10 Å². The monoisotopic (exact) mass is 177 g/mol. The Morgan fingerprint density at radius 2 is 2.15 bits per heavy atom. The van der Waals surface area contributed by atoms with Gasteiger partial charge in [-0.25, -0.2) is 0 Å². The van der Waals surface area contributed by atoms with Crippen molar-refractivity contribution < 1.29 is 0 Å². The van der Waals surface area contributed by atoms with Crippen LogP contribution in [-0.2, 0) is 13.1 Å². The largest absolute Gasteiger partial charge is 0.326 e. The Hall–Kier alpha value is -1.27. The Bertz CT molecular complexity index is 352. The van der Waals surface area contributed by atoms with Gasteiger partial charge in [-0.05, 0) is 20.8 Å². The van der Waals surface area contributed by atoms with Gasteiger partial charge in [0, 0.05) is 17.8 Å². The molecule has 0 fully saturated rings. The van der Waals surface area contributed by atoms with Gasteiger partial charge in [0.15, 0.2) is 0 Å². The normalized spacial score (nSPS) is 9.54. The lowest BCUT2D eigenvalue weighted by Gasteiger charge is -1.98. The van der Waals surface area contributed by atoms with Crippen LogP contribution in [0, 0.1) is 25.7 Å². The molecule has 2 N–H and O–H groups in total. The quantitative estimate of drug-likeness (QED) is 0.684. The van der Waals surface area contributed by atoms with Gasteiger partial charge in [-0.15, -0.1) is 5.92 Å². The van der Waals surface area contributed by atoms with Crippen LogP contribution in [-0.4, -0.2) is 9.78 Å². The van der Waals surface area contributed by atoms with E-state index in [1.54, 1.807) is 0 Å². The fourth-order valence-corrected chi connectivity index (χ4v) is 1.34. The second-order valence-electron chi connectivity index (χ2n) is 2.94. The van der Waals surface area contributed by atoms with Crippen molar-refractivity contribution in [1.82, 2.24) is 9.78 Å². The molecule has 13 heavy (non-hydrogen) atoms. The van der Waals surface area contributed by atoms with Crippen LogP contribution in [0.1, 0.15) is 23.9 Å². The molecule has 70 valence electrons. The van der Waals surface area contributed by atoms with Crippen molar-refractivity contribution in [2.45, 2.75) is 33.9 Å². The van der Waals surface area contributed by atoms with Crippen molar-refractivity contribution in [2.24, 2.45) is 5.73 Å². The van der Waals surface area contributed by atoms with Gasteiger partial charge in [-0.3, -0.25) is 4.68 Å². The van der Waals surface area contributed by atoms with Gasteiger partial charge in [0.25, 0.3) is 0 Å². The molecule has 0 aromatic carbocycles. The van der Waals surface area contributed by atoms with E-state index in [9.17, 15) is 0 Å². The fraction of sp³-hybridized carbons (Fsp3) is 0.500. The molecular weight excluding hydrogens is 162 g/mol. The lowest BCUT2D eigenvalue weighted by Crippen LogP contribution is -2.02. The standard InChI is InChI=1S/C10H15N3/c1-4-5-6-13-9(3)10(7-11)8(2)12-13/h6-7,11H2,1-3H3. The summed E-state index contributed by atoms with van der Waals surface area (Å²) in [7, 11) is 0. The van der Waals surface area contributed by atoms with Gasteiger partial charge in [-0.1, -0.05) is 5.92 Å². The molecule has 0 atom stereocenters. The zero-order valence-electron chi connectivity index (χ0n) is 8.39. The molecule has 0 saturated carbocycles. The zero-order chi connectivity index (χ0) is 9.84. The smallest absolute Gasteiger partial charge is 0.102 e. The van der Waals surface area contributed by atoms with Gasteiger partial charge >= 0.3 is 0 Å². The van der Waals surface area contributed by atoms with Crippen molar-refractivity contribution in [3.63, 3.8) is 0 Å². The number of nitrogens with zero attached hydrogens (tertiary/aromatic N) is 2. The van der Waals surface area contributed by atoms with E-state index in [0.29, 0.717) is 13.1 Å². The van der Waals surface area contributed by atoms with E-state index in [-0.39, 0.29) is 0 Å². The molecule has 1 heterocycles. The summed E-state index contributed by atoms with van der Waals surface area (Å²) in [5.74, 6) is 5.83. The molecule has 0 aliphatic rings. The number of aromatic nitrogens is 2. The molecule has 0 aliphatic carbocycles. The highest BCUT2D eigenvalue weighted by Crippen LogP contribution is 2.11. The van der Waals surface area contributed by atoms with Gasteiger partial charge in [0.05, 0.1) is 5.69 Å². The zero-order valence-corrected chi connectivity index (χ0v) is 8.39. The van der Waals surface area contributed by atoms with Gasteiger partial charge in [0.1, 0.15) is 6.54 Å². The van der Waals surface area contributed by atoms with Crippen molar-refractivity contribution >= 4 is 0 Å². The number of hydrogen-bond donors (Lipinski definition) is 1. The second kappa shape index (κ2) is 4.11. The molecule has 0 amide bonds. The summed E-state index contributed by atoms with van der Waals surface area (Å²) in [6.07, 6.45) is 0. The second-order valence-corrected chi connectivity index (χ2v) is 2.94. The molecule has 1 aromatic rings. The Balaban J connectivity index is 3.00. The van der Waals surface area contributed by atoms with Gasteiger partial charge < -0.3 is 5.73 Å². The van der Waals surface area contributed by atoms with E-state index in [1.807, 2.05) is 25.5 Å². The average Bonchev–Trinajstić information content (AvgIpc) is 2.38. The number of nitrogens with two attached hydrogens (primary N) is 1. The van der Waals surface area contributed by atoms with Crippen LogP contribution in [0.25, 0.3) is 0 Å². The first-order valence-corrected chi connectivity index (χ1v) is 4.33. The summed E-state index contributed by atoms with van der Waals surface area (Å²) >= 11 is 0. The Morgan fingerprint density at radius 1 is 1.46 bits per heavy atom. The maximum atomic E-state index is 5.60. The van der Waals surface area contributed by atoms with E-state index < -0.39 is 0 Å². The van der Waals surface area contributed by atoms with E-state index in [1.165, 1.54) is 0 Å². The number of aryl methyl sites for hydroxylation is 1. The van der Waals surface area contributed by atoms with Crippen LogP contribution < -0.4 is 5.73 Å². The van der Waals surface area contributed by atoms with Crippen LogP contribution in [0.4, 0.5) is 0 Å². The summed E-state index contributed by atoms with van der Waals surface area (Å²) in [6, 6.07) is 0. The minimum absolute atomic E-state index is 0.553. The van der Waals surface area contributed by atoms with E-state index in [2.05, 4.69) is 16.9 Å². The summed E-state index contributed by atoms with van der Waals surface area (Å²) in [6.45, 7) is 7.04. The highest BCUT2D eigenvalue weighted by Gasteiger charge is 2.07. The lowest BCUT2D eigenvalue weighted by molar-refractivity contribution is 0.683. The first-order valence-electron chi connectivity index (χ1n) is 4.33. The average molecular weight is 177 g/mol. The number of hydrogen-bond acceptors (Lipinski definition) is 2. The van der Waals surface area contributed by atoms with Crippen molar-refractivity contribution in [3.8, 4) is 11.8 Å². The lowest BCUT2D eigenvalue weighted by atomic mass is 10.2. The predicted molar refractivity (Wildman–Crippen MR) is 53.0 cm³/mol. The third-order valence-electron chi connectivity index (χ3n) is 2.14. The minimum atomic E-state index is 0.553. The maximum absolute atomic E-state index is 5.60. The van der Waals surface area contributed by atoms with Crippen molar-refractivity contribution in [1.29, 1.82) is 0 Å². The number of rotatable bonds is 2. The SMILES string of the molecule is CC#CCn1nc(C)c(CN)c1C. The first kappa shape index (κ1) is 9.82. The van der Waals surface area contributed by atoms with Crippen LogP contribution in [0.2, 0.25) is 0 Å². The molecule has 0 bridgehead atoms. The summed E-state index contributed by atoms with van der Waals surface area (Å²) in [5.41, 5.74) is 8.88. The van der Waals surface area contributed by atoms with Gasteiger partial charge in [0.2, 0.25) is 0 Å². The molecule has 0 aliphatic heterocycles. The molecule has 0 unspecified atom stereocenters. The summed E-state index contributed by atoms with van der Waals surface area (Å²) < 4.78 is 1.90. The minimum Gasteiger partial charge on any atom is -0.326 e. The Morgan fingerprint density at radius 3 is 2.62 bits per heavy atom. The topological polar surface area (TPSA) is 43.8 Å². The van der Waals surface area contributed by atoms with Crippen molar-refractivity contribution in [2.75, 3.05) is 0 Å². The third kappa shape index (κ3) is 1.90. The van der Waals surface area contributed by atoms with E-state index in [4.69, 9.17) is 5.73 Å². The van der Waals surface area contributed by atoms with E-state index >= 15 is 0 Å². The van der Waals surface area contributed by atoms with Crippen LogP contribution in [0.15, 0.2) is 0 Å². The van der Waals surface area contributed by atoms with Crippen molar-refractivity contribution in [3.05, 3.63) is 17.0 Å². The highest BCUT2D eigenvalue weighted by molar-refractivity contribution is 5.24. The van der Waals surface area contributed by atoms with Crippen LogP contribution in [0.5, 0.6) is 0 Å². The molecule has 1 rings (SSSR count). The molecule has 3 nitrogen and oxygen atoms in total.